The number of carbonyl (C=O) groups is 3. The molecular formula is C75H114O6. The molecule has 0 aromatic heterocycles. The van der Waals surface area contributed by atoms with Gasteiger partial charge in [0.1, 0.15) is 13.2 Å². The van der Waals surface area contributed by atoms with Crippen LogP contribution in [0.5, 0.6) is 0 Å². The Balaban J connectivity index is 4.55. The molecule has 1 unspecified atom stereocenters. The molecule has 6 nitrogen and oxygen atoms in total. The Hall–Kier alpha value is -5.75. The lowest BCUT2D eigenvalue weighted by atomic mass is 10.1. The molecule has 450 valence electrons. The topological polar surface area (TPSA) is 78.9 Å². The summed E-state index contributed by atoms with van der Waals surface area (Å²) in [7, 11) is 0. The molecule has 0 saturated heterocycles. The van der Waals surface area contributed by atoms with E-state index in [9.17, 15) is 14.4 Å². The molecule has 6 heteroatoms. The SMILES string of the molecule is CC/C=C\C/C=C\C/C=C\C/C=C\C/C=C\C/C=C\C/C=C\C/C=C\CCCCC(=O)OCC(COC(=O)CCCCCCC/C=C\C/C=C\C/C=C\CC)OC(=O)CCCCCCC/C=C\C/C=C\C/C=C\C/C=C\C/C=C\CC. The van der Waals surface area contributed by atoms with Gasteiger partial charge in [0.25, 0.3) is 0 Å². The Labute approximate surface area is 497 Å². The van der Waals surface area contributed by atoms with Gasteiger partial charge in [0.05, 0.1) is 0 Å². The Morgan fingerprint density at radius 3 is 0.716 bits per heavy atom. The van der Waals surface area contributed by atoms with Crippen LogP contribution in [0.25, 0.3) is 0 Å². The van der Waals surface area contributed by atoms with Crippen molar-refractivity contribution in [3.8, 4) is 0 Å². The van der Waals surface area contributed by atoms with E-state index in [1.54, 1.807) is 0 Å². The van der Waals surface area contributed by atoms with Crippen LogP contribution >= 0.6 is 0 Å². The second-order valence-electron chi connectivity index (χ2n) is 20.2. The Morgan fingerprint density at radius 2 is 0.444 bits per heavy atom. The summed E-state index contributed by atoms with van der Waals surface area (Å²) in [5.41, 5.74) is 0. The molecule has 0 fully saturated rings. The third-order valence-corrected chi connectivity index (χ3v) is 12.6. The highest BCUT2D eigenvalue weighted by atomic mass is 16.6. The predicted octanol–water partition coefficient (Wildman–Crippen LogP) is 22.2. The molecule has 0 amide bonds. The maximum absolute atomic E-state index is 12.9. The van der Waals surface area contributed by atoms with E-state index in [-0.39, 0.29) is 44.0 Å². The van der Waals surface area contributed by atoms with Crippen LogP contribution in [0.1, 0.15) is 239 Å². The van der Waals surface area contributed by atoms with Crippen LogP contribution in [0.2, 0.25) is 0 Å². The molecule has 0 aromatic carbocycles. The second-order valence-corrected chi connectivity index (χ2v) is 20.2. The van der Waals surface area contributed by atoms with Gasteiger partial charge in [0.2, 0.25) is 0 Å². The Bertz CT molecular complexity index is 1950. The third kappa shape index (κ3) is 64.9. The molecule has 0 bridgehead atoms. The van der Waals surface area contributed by atoms with Crippen LogP contribution in [0.4, 0.5) is 0 Å². The van der Waals surface area contributed by atoms with E-state index in [1.807, 2.05) is 0 Å². The molecule has 0 N–H and O–H groups in total. The smallest absolute Gasteiger partial charge is 0.306 e. The lowest BCUT2D eigenvalue weighted by Crippen LogP contribution is -2.30. The monoisotopic (exact) mass is 1110 g/mol. The van der Waals surface area contributed by atoms with Crippen LogP contribution in [0.3, 0.4) is 0 Å². The van der Waals surface area contributed by atoms with Crippen molar-refractivity contribution in [3.63, 3.8) is 0 Å². The molecule has 0 radical (unpaired) electrons. The largest absolute Gasteiger partial charge is 0.462 e. The van der Waals surface area contributed by atoms with E-state index in [4.69, 9.17) is 14.2 Å². The van der Waals surface area contributed by atoms with E-state index in [1.165, 1.54) is 0 Å². The average molecular weight is 1110 g/mol. The minimum Gasteiger partial charge on any atom is -0.462 e. The first-order valence-electron chi connectivity index (χ1n) is 31.9. The Kier molecular flexibility index (Phi) is 62.0. The van der Waals surface area contributed by atoms with Crippen LogP contribution in [0.15, 0.2) is 194 Å². The summed E-state index contributed by atoms with van der Waals surface area (Å²) in [5.74, 6) is -1.01. The summed E-state index contributed by atoms with van der Waals surface area (Å²) >= 11 is 0. The molecule has 0 rings (SSSR count). The Morgan fingerprint density at radius 1 is 0.247 bits per heavy atom. The van der Waals surface area contributed by atoms with Crippen molar-refractivity contribution in [3.05, 3.63) is 194 Å². The lowest BCUT2D eigenvalue weighted by molar-refractivity contribution is -0.167. The van der Waals surface area contributed by atoms with Crippen molar-refractivity contribution in [2.24, 2.45) is 0 Å². The zero-order chi connectivity index (χ0) is 58.5. The van der Waals surface area contributed by atoms with E-state index < -0.39 is 6.10 Å². The number of allylic oxidation sites excluding steroid dienone is 32. The normalized spacial score (nSPS) is 13.5. The summed E-state index contributed by atoms with van der Waals surface area (Å²) < 4.78 is 16.9. The summed E-state index contributed by atoms with van der Waals surface area (Å²) in [6, 6.07) is 0. The number of unbranched alkanes of at least 4 members (excludes halogenated alkanes) is 12. The summed E-state index contributed by atoms with van der Waals surface area (Å²) in [6.07, 6.45) is 101. The first kappa shape index (κ1) is 75.2. The van der Waals surface area contributed by atoms with E-state index in [0.717, 1.165) is 193 Å². The van der Waals surface area contributed by atoms with Gasteiger partial charge in [-0.2, -0.15) is 0 Å². The van der Waals surface area contributed by atoms with Crippen LogP contribution in [-0.4, -0.2) is 37.2 Å². The van der Waals surface area contributed by atoms with Crippen LogP contribution < -0.4 is 0 Å². The number of hydrogen-bond donors (Lipinski definition) is 0. The van der Waals surface area contributed by atoms with Gasteiger partial charge in [-0.3, -0.25) is 14.4 Å². The van der Waals surface area contributed by atoms with Crippen LogP contribution in [0, 0.1) is 0 Å². The molecule has 0 heterocycles. The van der Waals surface area contributed by atoms with Gasteiger partial charge in [0, 0.05) is 19.3 Å². The van der Waals surface area contributed by atoms with Gasteiger partial charge in [-0.15, -0.1) is 0 Å². The zero-order valence-corrected chi connectivity index (χ0v) is 51.5. The fourth-order valence-electron chi connectivity index (χ4n) is 7.91. The second kappa shape index (κ2) is 66.8. The van der Waals surface area contributed by atoms with Gasteiger partial charge in [-0.25, -0.2) is 0 Å². The van der Waals surface area contributed by atoms with Crippen molar-refractivity contribution >= 4 is 17.9 Å². The van der Waals surface area contributed by atoms with Crippen LogP contribution in [-0.2, 0) is 28.6 Å². The van der Waals surface area contributed by atoms with Gasteiger partial charge in [0.15, 0.2) is 6.10 Å². The quantitative estimate of drug-likeness (QED) is 0.0261. The van der Waals surface area contributed by atoms with Gasteiger partial charge >= 0.3 is 17.9 Å². The molecule has 0 aliphatic carbocycles. The predicted molar refractivity (Wildman–Crippen MR) is 352 cm³/mol. The highest BCUT2D eigenvalue weighted by Crippen LogP contribution is 2.13. The van der Waals surface area contributed by atoms with E-state index in [0.29, 0.717) is 12.8 Å². The third-order valence-electron chi connectivity index (χ3n) is 12.6. The fraction of sp³-hybridized carbons (Fsp3) is 0.533. The molecule has 0 saturated carbocycles. The van der Waals surface area contributed by atoms with Gasteiger partial charge in [-0.1, -0.05) is 254 Å². The highest BCUT2D eigenvalue weighted by molar-refractivity contribution is 5.71. The van der Waals surface area contributed by atoms with Crippen molar-refractivity contribution in [1.82, 2.24) is 0 Å². The first-order valence-corrected chi connectivity index (χ1v) is 31.9. The van der Waals surface area contributed by atoms with Crippen molar-refractivity contribution in [2.75, 3.05) is 13.2 Å². The maximum Gasteiger partial charge on any atom is 0.306 e. The first-order chi connectivity index (χ1) is 40.0. The molecule has 0 spiro atoms. The van der Waals surface area contributed by atoms with Gasteiger partial charge < -0.3 is 14.2 Å². The lowest BCUT2D eigenvalue weighted by Gasteiger charge is -2.18. The standard InChI is InChI=1S/C75H114O6/c1-4-7-10-13-16-19-22-25-28-30-32-34-35-36-37-38-39-41-42-44-47-50-53-56-59-62-65-68-74(77)80-71-72(70-79-73(76)67-64-61-58-55-52-49-46-27-24-21-18-15-12-9-6-3)81-75(78)69-66-63-60-57-54-51-48-45-43-40-33-31-29-26-23-20-17-14-11-8-5-2/h7-12,16-21,25-29,32-34,36-37,39-41,44-48,53,56,72H,4-6,13-15,22-24,30-31,35,38,42-43,49-52,54-55,57-71H2,1-3H3/b10-7-,11-8-,12-9-,19-16-,20-17-,21-18-,28-25-,29-26-,34-32-,37-36-,40-33-,41-39-,46-27-,47-44-,48-45-,56-53-. The number of hydrogen-bond acceptors (Lipinski definition) is 6. The summed E-state index contributed by atoms with van der Waals surface area (Å²) in [6.45, 7) is 6.22. The number of ether oxygens (including phenoxy) is 3. The minimum atomic E-state index is -0.828. The maximum atomic E-state index is 12.9. The molecule has 0 aliphatic rings. The summed E-state index contributed by atoms with van der Waals surface area (Å²) in [4.78, 5) is 38.3. The van der Waals surface area contributed by atoms with Crippen molar-refractivity contribution in [2.45, 2.75) is 245 Å². The zero-order valence-electron chi connectivity index (χ0n) is 51.5. The summed E-state index contributed by atoms with van der Waals surface area (Å²) in [5, 5.41) is 0. The molecule has 81 heavy (non-hydrogen) atoms. The van der Waals surface area contributed by atoms with Crippen molar-refractivity contribution < 1.29 is 28.6 Å². The number of rotatable bonds is 55. The van der Waals surface area contributed by atoms with Gasteiger partial charge in [-0.05, 0) is 161 Å². The average Bonchev–Trinajstić information content (AvgIpc) is 3.47. The molecule has 1 atom stereocenters. The van der Waals surface area contributed by atoms with E-state index in [2.05, 4.69) is 215 Å². The fourth-order valence-corrected chi connectivity index (χ4v) is 7.91. The molecule has 0 aromatic rings. The number of esters is 3. The van der Waals surface area contributed by atoms with E-state index >= 15 is 0 Å². The highest BCUT2D eigenvalue weighted by Gasteiger charge is 2.19. The number of carbonyl (C=O) groups excluding carboxylic acids is 3. The molecular weight excluding hydrogens is 997 g/mol. The minimum absolute atomic E-state index is 0.120. The van der Waals surface area contributed by atoms with Crippen molar-refractivity contribution in [1.29, 1.82) is 0 Å². The molecule has 0 aliphatic heterocycles.